The van der Waals surface area contributed by atoms with Crippen LogP contribution in [0.15, 0.2) is 0 Å². The highest BCUT2D eigenvalue weighted by Crippen LogP contribution is 2.09. The maximum atomic E-state index is 11.5. The molecule has 0 bridgehead atoms. The molecular weight excluding hydrogens is 192 g/mol. The highest BCUT2D eigenvalue weighted by atomic mass is 16.2. The van der Waals surface area contributed by atoms with Gasteiger partial charge in [-0.3, -0.25) is 9.59 Å². The van der Waals surface area contributed by atoms with Crippen LogP contribution in [0.4, 0.5) is 0 Å². The molecule has 0 aromatic heterocycles. The van der Waals surface area contributed by atoms with Crippen LogP contribution in [0.3, 0.4) is 0 Å². The maximum absolute atomic E-state index is 11.5. The Balaban J connectivity index is 2.27. The molecule has 1 aliphatic heterocycles. The average molecular weight is 212 g/mol. The van der Waals surface area contributed by atoms with E-state index in [4.69, 9.17) is 0 Å². The molecule has 0 radical (unpaired) electrons. The van der Waals surface area contributed by atoms with E-state index in [1.54, 1.807) is 4.90 Å². The summed E-state index contributed by atoms with van der Waals surface area (Å²) in [6.45, 7) is 5.38. The van der Waals surface area contributed by atoms with E-state index >= 15 is 0 Å². The van der Waals surface area contributed by atoms with Crippen LogP contribution in [0.1, 0.15) is 33.1 Å². The third kappa shape index (κ3) is 4.42. The Kier molecular flexibility index (Phi) is 4.75. The van der Waals surface area contributed by atoms with Crippen molar-refractivity contribution >= 4 is 11.7 Å². The lowest BCUT2D eigenvalue weighted by Gasteiger charge is -2.26. The zero-order chi connectivity index (χ0) is 11.3. The van der Waals surface area contributed by atoms with Gasteiger partial charge < -0.3 is 10.2 Å². The van der Waals surface area contributed by atoms with E-state index in [1.807, 2.05) is 13.8 Å². The zero-order valence-electron chi connectivity index (χ0n) is 9.58. The Bertz CT molecular complexity index is 239. The number of carbonyl (C=O) groups is 2. The molecular formula is C11H20N2O2. The predicted molar refractivity (Wildman–Crippen MR) is 58.6 cm³/mol. The van der Waals surface area contributed by atoms with Crippen LogP contribution in [0.25, 0.3) is 0 Å². The number of hydrogen-bond donors (Lipinski definition) is 1. The number of nitrogens with zero attached hydrogens (tertiary/aromatic N) is 1. The molecule has 1 rings (SSSR count). The van der Waals surface area contributed by atoms with Crippen molar-refractivity contribution < 1.29 is 9.59 Å². The SMILES string of the molecule is CC(C)NCC(=O)CN1CCCCC1=O. The monoisotopic (exact) mass is 212 g/mol. The van der Waals surface area contributed by atoms with Crippen molar-refractivity contribution in [2.45, 2.75) is 39.2 Å². The first-order valence-electron chi connectivity index (χ1n) is 5.62. The van der Waals surface area contributed by atoms with Gasteiger partial charge in [0.25, 0.3) is 0 Å². The molecule has 0 aromatic rings. The van der Waals surface area contributed by atoms with Gasteiger partial charge in [-0.1, -0.05) is 13.8 Å². The second-order valence-electron chi connectivity index (χ2n) is 4.35. The third-order valence-electron chi connectivity index (χ3n) is 2.50. The molecule has 15 heavy (non-hydrogen) atoms. The summed E-state index contributed by atoms with van der Waals surface area (Å²) in [5.41, 5.74) is 0. The molecule has 1 heterocycles. The van der Waals surface area contributed by atoms with Crippen molar-refractivity contribution in [1.29, 1.82) is 0 Å². The first kappa shape index (κ1) is 12.2. The summed E-state index contributed by atoms with van der Waals surface area (Å²) in [6, 6.07) is 0.311. The smallest absolute Gasteiger partial charge is 0.222 e. The standard InChI is InChI=1S/C11H20N2O2/c1-9(2)12-7-10(14)8-13-6-4-3-5-11(13)15/h9,12H,3-8H2,1-2H3. The fourth-order valence-corrected chi connectivity index (χ4v) is 1.62. The van der Waals surface area contributed by atoms with Gasteiger partial charge in [0.1, 0.15) is 0 Å². The molecule has 1 fully saturated rings. The normalized spacial score (nSPS) is 17.3. The molecule has 0 saturated carbocycles. The molecule has 1 saturated heterocycles. The molecule has 4 nitrogen and oxygen atoms in total. The highest BCUT2D eigenvalue weighted by molar-refractivity contribution is 5.87. The van der Waals surface area contributed by atoms with E-state index in [-0.39, 0.29) is 18.2 Å². The summed E-state index contributed by atoms with van der Waals surface area (Å²) >= 11 is 0. The largest absolute Gasteiger partial charge is 0.335 e. The van der Waals surface area contributed by atoms with Gasteiger partial charge in [-0.15, -0.1) is 0 Å². The second-order valence-corrected chi connectivity index (χ2v) is 4.35. The molecule has 0 unspecified atom stereocenters. The number of hydrogen-bond acceptors (Lipinski definition) is 3. The van der Waals surface area contributed by atoms with Gasteiger partial charge in [-0.25, -0.2) is 0 Å². The number of piperidine rings is 1. The van der Waals surface area contributed by atoms with Crippen LogP contribution in [-0.2, 0) is 9.59 Å². The number of likely N-dealkylation sites (tertiary alicyclic amines) is 1. The molecule has 0 aromatic carbocycles. The van der Waals surface area contributed by atoms with Gasteiger partial charge in [-0.05, 0) is 12.8 Å². The molecule has 1 amide bonds. The number of carbonyl (C=O) groups excluding carboxylic acids is 2. The van der Waals surface area contributed by atoms with Crippen molar-refractivity contribution in [3.05, 3.63) is 0 Å². The van der Waals surface area contributed by atoms with Crippen molar-refractivity contribution in [2.75, 3.05) is 19.6 Å². The summed E-state index contributed by atoms with van der Waals surface area (Å²) in [4.78, 5) is 24.6. The summed E-state index contributed by atoms with van der Waals surface area (Å²) < 4.78 is 0. The van der Waals surface area contributed by atoms with Gasteiger partial charge in [-0.2, -0.15) is 0 Å². The van der Waals surface area contributed by atoms with Gasteiger partial charge in [0.15, 0.2) is 5.78 Å². The summed E-state index contributed by atoms with van der Waals surface area (Å²) in [6.07, 6.45) is 2.59. The Labute approximate surface area is 91.0 Å². The lowest BCUT2D eigenvalue weighted by atomic mass is 10.1. The van der Waals surface area contributed by atoms with Crippen LogP contribution < -0.4 is 5.32 Å². The van der Waals surface area contributed by atoms with Crippen LogP contribution in [0, 0.1) is 0 Å². The Hall–Kier alpha value is -0.900. The summed E-state index contributed by atoms with van der Waals surface area (Å²) in [5.74, 6) is 0.220. The minimum absolute atomic E-state index is 0.0963. The zero-order valence-corrected chi connectivity index (χ0v) is 9.58. The van der Waals surface area contributed by atoms with Crippen molar-refractivity contribution in [3.8, 4) is 0 Å². The van der Waals surface area contributed by atoms with Crippen molar-refractivity contribution in [1.82, 2.24) is 10.2 Å². The fourth-order valence-electron chi connectivity index (χ4n) is 1.62. The topological polar surface area (TPSA) is 49.4 Å². The molecule has 0 spiro atoms. The van der Waals surface area contributed by atoms with Crippen LogP contribution in [0.2, 0.25) is 0 Å². The van der Waals surface area contributed by atoms with Crippen molar-refractivity contribution in [2.24, 2.45) is 0 Å². The maximum Gasteiger partial charge on any atom is 0.222 e. The van der Waals surface area contributed by atoms with E-state index in [9.17, 15) is 9.59 Å². The van der Waals surface area contributed by atoms with Crippen LogP contribution in [-0.4, -0.2) is 42.3 Å². The first-order valence-corrected chi connectivity index (χ1v) is 5.62. The predicted octanol–water partition coefficient (Wildman–Crippen LogP) is 0.566. The summed E-state index contributed by atoms with van der Waals surface area (Å²) in [5, 5.41) is 3.06. The van der Waals surface area contributed by atoms with E-state index < -0.39 is 0 Å². The van der Waals surface area contributed by atoms with Gasteiger partial charge in [0.05, 0.1) is 13.1 Å². The second kappa shape index (κ2) is 5.85. The molecule has 1 N–H and O–H groups in total. The number of ketones is 1. The number of amides is 1. The van der Waals surface area contributed by atoms with Gasteiger partial charge >= 0.3 is 0 Å². The Morgan fingerprint density at radius 1 is 1.47 bits per heavy atom. The van der Waals surface area contributed by atoms with Crippen LogP contribution >= 0.6 is 0 Å². The Morgan fingerprint density at radius 3 is 2.80 bits per heavy atom. The van der Waals surface area contributed by atoms with E-state index in [0.717, 1.165) is 19.4 Å². The van der Waals surface area contributed by atoms with Crippen molar-refractivity contribution in [3.63, 3.8) is 0 Å². The Morgan fingerprint density at radius 2 is 2.20 bits per heavy atom. The quantitative estimate of drug-likeness (QED) is 0.724. The lowest BCUT2D eigenvalue weighted by Crippen LogP contribution is -2.42. The molecule has 0 atom stereocenters. The highest BCUT2D eigenvalue weighted by Gasteiger charge is 2.19. The van der Waals surface area contributed by atoms with E-state index in [0.29, 0.717) is 19.0 Å². The molecule has 1 aliphatic rings. The fraction of sp³-hybridized carbons (Fsp3) is 0.818. The number of rotatable bonds is 5. The van der Waals surface area contributed by atoms with Gasteiger partial charge in [0, 0.05) is 19.0 Å². The van der Waals surface area contributed by atoms with E-state index in [2.05, 4.69) is 5.32 Å². The van der Waals surface area contributed by atoms with Gasteiger partial charge in [0.2, 0.25) is 5.91 Å². The molecule has 4 heteroatoms. The summed E-state index contributed by atoms with van der Waals surface area (Å²) in [7, 11) is 0. The van der Waals surface area contributed by atoms with E-state index in [1.165, 1.54) is 0 Å². The van der Waals surface area contributed by atoms with Crippen LogP contribution in [0.5, 0.6) is 0 Å². The average Bonchev–Trinajstić information content (AvgIpc) is 2.18. The number of nitrogens with one attached hydrogen (secondary N) is 1. The lowest BCUT2D eigenvalue weighted by molar-refractivity contribution is -0.137. The first-order chi connectivity index (χ1) is 7.09. The minimum Gasteiger partial charge on any atom is -0.335 e. The molecule has 0 aliphatic carbocycles. The third-order valence-corrected chi connectivity index (χ3v) is 2.50. The number of Topliss-reactive ketones (excluding diaryl/α,β-unsaturated/α-hetero) is 1. The molecule has 86 valence electrons. The minimum atomic E-state index is 0.0963.